The molecule has 3 aromatic rings. The largest absolute Gasteiger partial charge is 0.341 e. The fraction of sp³-hybridized carbons (Fsp3) is 0.0833. The normalized spacial score (nSPS) is 11.1. The summed E-state index contributed by atoms with van der Waals surface area (Å²) >= 11 is 1.61. The number of halogens is 1. The second-order valence-corrected chi connectivity index (χ2v) is 4.55. The van der Waals surface area contributed by atoms with Gasteiger partial charge in [0, 0.05) is 17.8 Å². The smallest absolute Gasteiger partial charge is 0.125 e. The van der Waals surface area contributed by atoms with Gasteiger partial charge in [-0.3, -0.25) is 0 Å². The Morgan fingerprint density at radius 2 is 2.25 bits per heavy atom. The minimum absolute atomic E-state index is 0.202. The number of nitrogens with zero attached hydrogens (tertiary/aromatic N) is 2. The Balaban J connectivity index is 2.07. The molecule has 0 aliphatic heterocycles. The molecule has 2 nitrogen and oxygen atoms in total. The molecular formula is C12H9FN2S. The van der Waals surface area contributed by atoms with Crippen LogP contribution in [-0.4, -0.2) is 9.55 Å². The van der Waals surface area contributed by atoms with Gasteiger partial charge in [0.1, 0.15) is 10.8 Å². The van der Waals surface area contributed by atoms with E-state index < -0.39 is 0 Å². The zero-order valence-electron chi connectivity index (χ0n) is 8.43. The molecule has 0 spiro atoms. The maximum atomic E-state index is 13.1. The second-order valence-electron chi connectivity index (χ2n) is 3.57. The minimum atomic E-state index is -0.202. The highest BCUT2D eigenvalue weighted by Crippen LogP contribution is 2.18. The fourth-order valence-electron chi connectivity index (χ4n) is 1.77. The Kier molecular flexibility index (Phi) is 2.22. The molecule has 0 aliphatic carbocycles. The number of hydrogen-bond acceptors (Lipinski definition) is 2. The highest BCUT2D eigenvalue weighted by atomic mass is 32.1. The molecule has 0 unspecified atom stereocenters. The predicted octanol–water partition coefficient (Wildman–Crippen LogP) is 3.29. The molecule has 0 N–H and O–H groups in total. The molecule has 2 heterocycles. The van der Waals surface area contributed by atoms with Crippen molar-refractivity contribution in [2.45, 2.75) is 6.54 Å². The first-order valence-corrected chi connectivity index (χ1v) is 5.84. The van der Waals surface area contributed by atoms with E-state index in [-0.39, 0.29) is 5.82 Å². The molecule has 0 radical (unpaired) electrons. The number of thiazole rings is 1. The third kappa shape index (κ3) is 1.61. The van der Waals surface area contributed by atoms with Crippen molar-refractivity contribution in [2.75, 3.05) is 0 Å². The van der Waals surface area contributed by atoms with Crippen LogP contribution in [0.25, 0.3) is 10.9 Å². The number of benzene rings is 1. The summed E-state index contributed by atoms with van der Waals surface area (Å²) in [6.45, 7) is 0.699. The van der Waals surface area contributed by atoms with E-state index in [2.05, 4.69) is 4.98 Å². The van der Waals surface area contributed by atoms with Crippen molar-refractivity contribution in [3.05, 3.63) is 52.9 Å². The molecule has 0 atom stereocenters. The van der Waals surface area contributed by atoms with Gasteiger partial charge in [-0.15, -0.1) is 11.3 Å². The maximum absolute atomic E-state index is 13.1. The van der Waals surface area contributed by atoms with Crippen molar-refractivity contribution >= 4 is 22.2 Å². The van der Waals surface area contributed by atoms with Gasteiger partial charge in [-0.2, -0.15) is 0 Å². The van der Waals surface area contributed by atoms with Crippen molar-refractivity contribution in [1.82, 2.24) is 9.55 Å². The van der Waals surface area contributed by atoms with Gasteiger partial charge in [0.2, 0.25) is 0 Å². The molecule has 0 saturated heterocycles. The standard InChI is InChI=1S/C12H9FN2S/c13-10-2-1-9-3-5-15(11(9)7-10)8-12-14-4-6-16-12/h1-7H,8H2. The molecule has 0 fully saturated rings. The van der Waals surface area contributed by atoms with E-state index in [1.54, 1.807) is 29.7 Å². The van der Waals surface area contributed by atoms with E-state index in [0.29, 0.717) is 6.54 Å². The molecule has 1 aromatic carbocycles. The van der Waals surface area contributed by atoms with Crippen LogP contribution in [-0.2, 0) is 6.54 Å². The quantitative estimate of drug-likeness (QED) is 0.663. The Morgan fingerprint density at radius 3 is 3.06 bits per heavy atom. The van der Waals surface area contributed by atoms with Crippen LogP contribution in [0.5, 0.6) is 0 Å². The van der Waals surface area contributed by atoms with Crippen LogP contribution < -0.4 is 0 Å². The molecule has 0 saturated carbocycles. The summed E-state index contributed by atoms with van der Waals surface area (Å²) in [5.41, 5.74) is 0.912. The van der Waals surface area contributed by atoms with Crippen molar-refractivity contribution in [3.8, 4) is 0 Å². The molecule has 0 aliphatic rings. The lowest BCUT2D eigenvalue weighted by atomic mass is 10.2. The number of hydrogen-bond donors (Lipinski definition) is 0. The average Bonchev–Trinajstić information content (AvgIpc) is 2.90. The highest BCUT2D eigenvalue weighted by molar-refractivity contribution is 7.09. The topological polar surface area (TPSA) is 17.8 Å². The summed E-state index contributed by atoms with van der Waals surface area (Å²) in [6.07, 6.45) is 3.75. The van der Waals surface area contributed by atoms with Crippen LogP contribution in [0, 0.1) is 5.82 Å². The van der Waals surface area contributed by atoms with Gasteiger partial charge in [0.15, 0.2) is 0 Å². The number of fused-ring (bicyclic) bond motifs is 1. The molecular weight excluding hydrogens is 223 g/mol. The summed E-state index contributed by atoms with van der Waals surface area (Å²) < 4.78 is 15.2. The fourth-order valence-corrected chi connectivity index (χ4v) is 2.39. The summed E-state index contributed by atoms with van der Waals surface area (Å²) in [5.74, 6) is -0.202. The summed E-state index contributed by atoms with van der Waals surface area (Å²) in [6, 6.07) is 6.82. The minimum Gasteiger partial charge on any atom is -0.341 e. The first-order valence-electron chi connectivity index (χ1n) is 4.96. The van der Waals surface area contributed by atoms with Crippen LogP contribution in [0.1, 0.15) is 5.01 Å². The zero-order chi connectivity index (χ0) is 11.0. The second kappa shape index (κ2) is 3.72. The summed E-state index contributed by atoms with van der Waals surface area (Å²) in [7, 11) is 0. The van der Waals surface area contributed by atoms with Crippen molar-refractivity contribution in [1.29, 1.82) is 0 Å². The van der Waals surface area contributed by atoms with Crippen molar-refractivity contribution < 1.29 is 4.39 Å². The molecule has 16 heavy (non-hydrogen) atoms. The molecule has 80 valence electrons. The van der Waals surface area contributed by atoms with E-state index >= 15 is 0 Å². The first-order chi connectivity index (χ1) is 7.83. The average molecular weight is 232 g/mol. The van der Waals surface area contributed by atoms with Crippen LogP contribution in [0.3, 0.4) is 0 Å². The SMILES string of the molecule is Fc1ccc2ccn(Cc3nccs3)c2c1. The lowest BCUT2D eigenvalue weighted by molar-refractivity contribution is 0.628. The molecule has 0 amide bonds. The van der Waals surface area contributed by atoms with E-state index in [9.17, 15) is 4.39 Å². The predicted molar refractivity (Wildman–Crippen MR) is 63.1 cm³/mol. The van der Waals surface area contributed by atoms with Crippen LogP contribution in [0.2, 0.25) is 0 Å². The van der Waals surface area contributed by atoms with Crippen LogP contribution in [0.4, 0.5) is 4.39 Å². The van der Waals surface area contributed by atoms with E-state index in [1.165, 1.54) is 6.07 Å². The monoisotopic (exact) mass is 232 g/mol. The molecule has 4 heteroatoms. The Morgan fingerprint density at radius 1 is 1.31 bits per heavy atom. The highest BCUT2D eigenvalue weighted by Gasteiger charge is 2.04. The van der Waals surface area contributed by atoms with Gasteiger partial charge in [0.05, 0.1) is 12.1 Å². The molecule has 0 bridgehead atoms. The van der Waals surface area contributed by atoms with E-state index in [0.717, 1.165) is 15.9 Å². The lowest BCUT2D eigenvalue weighted by Gasteiger charge is -2.02. The number of rotatable bonds is 2. The van der Waals surface area contributed by atoms with Crippen LogP contribution >= 0.6 is 11.3 Å². The van der Waals surface area contributed by atoms with Crippen molar-refractivity contribution in [3.63, 3.8) is 0 Å². The van der Waals surface area contributed by atoms with Gasteiger partial charge in [-0.05, 0) is 29.7 Å². The Bertz CT molecular complexity index is 613. The third-order valence-electron chi connectivity index (χ3n) is 2.53. The van der Waals surface area contributed by atoms with Gasteiger partial charge in [-0.1, -0.05) is 0 Å². The van der Waals surface area contributed by atoms with Gasteiger partial charge >= 0.3 is 0 Å². The maximum Gasteiger partial charge on any atom is 0.125 e. The third-order valence-corrected chi connectivity index (χ3v) is 3.29. The van der Waals surface area contributed by atoms with Gasteiger partial charge in [0.25, 0.3) is 0 Å². The van der Waals surface area contributed by atoms with E-state index in [1.807, 2.05) is 22.2 Å². The Labute approximate surface area is 96.0 Å². The zero-order valence-corrected chi connectivity index (χ0v) is 9.25. The first kappa shape index (κ1) is 9.54. The lowest BCUT2D eigenvalue weighted by Crippen LogP contribution is -1.97. The summed E-state index contributed by atoms with van der Waals surface area (Å²) in [5, 5.41) is 4.03. The van der Waals surface area contributed by atoms with Crippen LogP contribution in [0.15, 0.2) is 42.0 Å². The summed E-state index contributed by atoms with van der Waals surface area (Å²) in [4.78, 5) is 4.22. The molecule has 3 rings (SSSR count). The number of aromatic nitrogens is 2. The molecule has 2 aromatic heterocycles. The van der Waals surface area contributed by atoms with Gasteiger partial charge < -0.3 is 4.57 Å². The Hall–Kier alpha value is -1.68. The van der Waals surface area contributed by atoms with Gasteiger partial charge in [-0.25, -0.2) is 9.37 Å². The van der Waals surface area contributed by atoms with Crippen molar-refractivity contribution in [2.24, 2.45) is 0 Å². The van der Waals surface area contributed by atoms with E-state index in [4.69, 9.17) is 0 Å².